The molecule has 3 N–H and O–H groups in total. The molecule has 3 aromatic rings. The maximum atomic E-state index is 15.2. The van der Waals surface area contributed by atoms with Gasteiger partial charge in [0, 0.05) is 18.0 Å². The molecule has 11 heteroatoms. The maximum Gasteiger partial charge on any atom is 0.223 e. The number of aliphatic hydroxyl groups is 2. The molecular weight excluding hydrogens is 465 g/mol. The SMILES string of the molecule is CC(C)n1c(C(C)(C)O)nc2c(F)cc(-c3nc(N[C@@H]4C[C@@H]5OC[C@@H](O5)[C@H]4O)ncc3Cl)cc21. The second-order valence-corrected chi connectivity index (χ2v) is 10.00. The van der Waals surface area contributed by atoms with Gasteiger partial charge in [-0.15, -0.1) is 0 Å². The molecule has 2 aromatic heterocycles. The van der Waals surface area contributed by atoms with Crippen molar-refractivity contribution in [3.63, 3.8) is 0 Å². The summed E-state index contributed by atoms with van der Waals surface area (Å²) in [6, 6.07) is 2.64. The standard InChI is InChI=1S/C23H27ClFN5O4/c1-10(2)30-15-6-11(5-13(25)19(15)28-21(30)23(3,4)32)18-12(24)8-26-22(29-18)27-14-7-17-33-9-16(34-17)20(14)31/h5-6,8,10,14,16-17,20,31-32H,7,9H2,1-4H3,(H,26,27,29)/t14-,16-,17-,20+/m1/s1. The molecule has 0 spiro atoms. The van der Waals surface area contributed by atoms with Crippen molar-refractivity contribution in [3.8, 4) is 11.3 Å². The lowest BCUT2D eigenvalue weighted by Crippen LogP contribution is -2.48. The van der Waals surface area contributed by atoms with Crippen molar-refractivity contribution in [3.05, 3.63) is 35.0 Å². The Kier molecular flexibility index (Phi) is 5.77. The summed E-state index contributed by atoms with van der Waals surface area (Å²) < 4.78 is 28.1. The smallest absolute Gasteiger partial charge is 0.223 e. The van der Waals surface area contributed by atoms with Gasteiger partial charge in [-0.25, -0.2) is 19.3 Å². The molecule has 0 radical (unpaired) electrons. The minimum atomic E-state index is -1.26. The number of rotatable bonds is 5. The van der Waals surface area contributed by atoms with Crippen LogP contribution in [0.25, 0.3) is 22.3 Å². The summed E-state index contributed by atoms with van der Waals surface area (Å²) in [7, 11) is 0. The molecule has 0 amide bonds. The highest BCUT2D eigenvalue weighted by Crippen LogP contribution is 2.35. The van der Waals surface area contributed by atoms with Gasteiger partial charge in [-0.1, -0.05) is 11.6 Å². The van der Waals surface area contributed by atoms with Crippen LogP contribution in [0.5, 0.6) is 0 Å². The predicted molar refractivity (Wildman–Crippen MR) is 124 cm³/mol. The molecule has 4 heterocycles. The summed E-state index contributed by atoms with van der Waals surface area (Å²) in [6.07, 6.45) is 0.312. The molecule has 34 heavy (non-hydrogen) atoms. The topological polar surface area (TPSA) is 115 Å². The summed E-state index contributed by atoms with van der Waals surface area (Å²) in [5.41, 5.74) is 0.217. The number of halogens is 2. The number of anilines is 1. The lowest BCUT2D eigenvalue weighted by molar-refractivity contribution is -0.123. The van der Waals surface area contributed by atoms with Crippen LogP contribution in [-0.4, -0.2) is 60.9 Å². The number of hydrogen-bond donors (Lipinski definition) is 3. The Labute approximate surface area is 200 Å². The van der Waals surface area contributed by atoms with Crippen molar-refractivity contribution in [2.45, 2.75) is 70.3 Å². The van der Waals surface area contributed by atoms with Gasteiger partial charge in [0.25, 0.3) is 0 Å². The lowest BCUT2D eigenvalue weighted by Gasteiger charge is -2.32. The number of benzene rings is 1. The number of hydrogen-bond acceptors (Lipinski definition) is 8. The number of nitrogens with zero attached hydrogens (tertiary/aromatic N) is 4. The molecule has 2 aliphatic heterocycles. The van der Waals surface area contributed by atoms with Crippen LogP contribution in [0.15, 0.2) is 18.3 Å². The van der Waals surface area contributed by atoms with Crippen LogP contribution < -0.4 is 5.32 Å². The second kappa shape index (κ2) is 8.39. The molecular formula is C23H27ClFN5O4. The van der Waals surface area contributed by atoms with E-state index >= 15 is 4.39 Å². The minimum Gasteiger partial charge on any atom is -0.388 e. The molecule has 2 bridgehead atoms. The number of imidazole rings is 1. The van der Waals surface area contributed by atoms with Crippen LogP contribution in [0.3, 0.4) is 0 Å². The summed E-state index contributed by atoms with van der Waals surface area (Å²) in [4.78, 5) is 13.2. The van der Waals surface area contributed by atoms with Crippen molar-refractivity contribution >= 4 is 28.6 Å². The molecule has 2 aliphatic rings. The molecule has 0 unspecified atom stereocenters. The van der Waals surface area contributed by atoms with Crippen LogP contribution in [0.2, 0.25) is 5.02 Å². The number of aliphatic hydroxyl groups excluding tert-OH is 1. The molecule has 0 aliphatic carbocycles. The zero-order valence-electron chi connectivity index (χ0n) is 19.3. The fourth-order valence-electron chi connectivity index (χ4n) is 4.58. The highest BCUT2D eigenvalue weighted by atomic mass is 35.5. The van der Waals surface area contributed by atoms with Crippen molar-refractivity contribution in [1.82, 2.24) is 19.5 Å². The van der Waals surface area contributed by atoms with Gasteiger partial charge in [0.2, 0.25) is 5.95 Å². The van der Waals surface area contributed by atoms with Crippen LogP contribution in [-0.2, 0) is 15.1 Å². The Morgan fingerprint density at radius 3 is 2.76 bits per heavy atom. The average molecular weight is 492 g/mol. The molecule has 4 atom stereocenters. The monoisotopic (exact) mass is 491 g/mol. The fraction of sp³-hybridized carbons (Fsp3) is 0.522. The highest BCUT2D eigenvalue weighted by molar-refractivity contribution is 6.33. The first-order chi connectivity index (χ1) is 16.0. The Morgan fingerprint density at radius 1 is 1.29 bits per heavy atom. The van der Waals surface area contributed by atoms with Gasteiger partial charge in [0.05, 0.1) is 35.1 Å². The number of aromatic nitrogens is 4. The van der Waals surface area contributed by atoms with Crippen LogP contribution in [0.4, 0.5) is 10.3 Å². The van der Waals surface area contributed by atoms with Gasteiger partial charge >= 0.3 is 0 Å². The molecule has 182 valence electrons. The van der Waals surface area contributed by atoms with Crippen molar-refractivity contribution in [2.24, 2.45) is 0 Å². The predicted octanol–water partition coefficient (Wildman–Crippen LogP) is 3.38. The average Bonchev–Trinajstić information content (AvgIpc) is 3.35. The quantitative estimate of drug-likeness (QED) is 0.497. The Bertz CT molecular complexity index is 1240. The van der Waals surface area contributed by atoms with Crippen molar-refractivity contribution in [2.75, 3.05) is 11.9 Å². The lowest BCUT2D eigenvalue weighted by atomic mass is 10.0. The normalized spacial score (nSPS) is 24.9. The zero-order chi connectivity index (χ0) is 24.4. The summed E-state index contributed by atoms with van der Waals surface area (Å²) >= 11 is 6.42. The van der Waals surface area contributed by atoms with E-state index < -0.39 is 23.6 Å². The van der Waals surface area contributed by atoms with Gasteiger partial charge in [0.1, 0.15) is 29.2 Å². The van der Waals surface area contributed by atoms with Gasteiger partial charge in [-0.3, -0.25) is 0 Å². The van der Waals surface area contributed by atoms with E-state index in [0.717, 1.165) is 0 Å². The van der Waals surface area contributed by atoms with Crippen LogP contribution >= 0.6 is 11.6 Å². The van der Waals surface area contributed by atoms with Gasteiger partial charge in [0.15, 0.2) is 12.1 Å². The van der Waals surface area contributed by atoms with Gasteiger partial charge in [-0.05, 0) is 39.8 Å². The van der Waals surface area contributed by atoms with Crippen molar-refractivity contribution < 1.29 is 24.1 Å². The van der Waals surface area contributed by atoms with Gasteiger partial charge < -0.3 is 29.6 Å². The number of ether oxygens (including phenoxy) is 2. The first kappa shape index (κ1) is 23.4. The second-order valence-electron chi connectivity index (χ2n) is 9.59. The Morgan fingerprint density at radius 2 is 2.06 bits per heavy atom. The molecule has 2 saturated heterocycles. The van der Waals surface area contributed by atoms with E-state index in [1.165, 1.54) is 12.3 Å². The van der Waals surface area contributed by atoms with E-state index in [9.17, 15) is 10.2 Å². The summed E-state index contributed by atoms with van der Waals surface area (Å²) in [6.45, 7) is 7.46. The van der Waals surface area contributed by atoms with E-state index in [1.807, 2.05) is 18.4 Å². The van der Waals surface area contributed by atoms with Gasteiger partial charge in [-0.2, -0.15) is 0 Å². The Balaban J connectivity index is 1.55. The maximum absolute atomic E-state index is 15.2. The first-order valence-electron chi connectivity index (χ1n) is 11.2. The van der Waals surface area contributed by atoms with E-state index in [0.29, 0.717) is 35.6 Å². The molecule has 2 fully saturated rings. The molecule has 1 aromatic carbocycles. The third kappa shape index (κ3) is 4.03. The third-order valence-corrected chi connectivity index (χ3v) is 6.43. The minimum absolute atomic E-state index is 0.0771. The summed E-state index contributed by atoms with van der Waals surface area (Å²) in [5, 5.41) is 24.5. The number of nitrogens with one attached hydrogen (secondary N) is 1. The molecule has 9 nitrogen and oxygen atoms in total. The van der Waals surface area contributed by atoms with Crippen LogP contribution in [0, 0.1) is 5.82 Å². The third-order valence-electron chi connectivity index (χ3n) is 6.16. The largest absolute Gasteiger partial charge is 0.388 e. The van der Waals surface area contributed by atoms with E-state index in [1.54, 1.807) is 19.9 Å². The van der Waals surface area contributed by atoms with E-state index in [4.69, 9.17) is 21.1 Å². The number of fused-ring (bicyclic) bond motifs is 3. The fourth-order valence-corrected chi connectivity index (χ4v) is 4.78. The highest BCUT2D eigenvalue weighted by Gasteiger charge is 2.43. The Hall–Kier alpha value is -2.37. The zero-order valence-corrected chi connectivity index (χ0v) is 20.0. The molecule has 0 saturated carbocycles. The first-order valence-corrected chi connectivity index (χ1v) is 11.6. The van der Waals surface area contributed by atoms with Crippen LogP contribution in [0.1, 0.15) is 46.0 Å². The van der Waals surface area contributed by atoms with E-state index in [-0.39, 0.29) is 34.9 Å². The summed E-state index contributed by atoms with van der Waals surface area (Å²) in [5.74, 6) is 0.0741. The van der Waals surface area contributed by atoms with Crippen molar-refractivity contribution in [1.29, 1.82) is 0 Å². The molecule has 5 rings (SSSR count). The van der Waals surface area contributed by atoms with E-state index in [2.05, 4.69) is 20.3 Å².